The van der Waals surface area contributed by atoms with E-state index in [4.69, 9.17) is 21.6 Å². The van der Waals surface area contributed by atoms with Gasteiger partial charge in [-0.05, 0) is 18.2 Å². The second-order valence-corrected chi connectivity index (χ2v) is 4.50. The maximum absolute atomic E-state index is 12.3. The fourth-order valence-electron chi connectivity index (χ4n) is 1.72. The SMILES string of the molecule is N#Cc1c(Cl)cccc1Oc1ccc([N+](=O)[O-])c(OC(F)F)c1. The van der Waals surface area contributed by atoms with Crippen molar-refractivity contribution in [2.24, 2.45) is 0 Å². The lowest BCUT2D eigenvalue weighted by Crippen LogP contribution is -2.04. The predicted octanol–water partition coefficient (Wildman–Crippen LogP) is 4.51. The van der Waals surface area contributed by atoms with Crippen LogP contribution in [-0.2, 0) is 0 Å². The highest BCUT2D eigenvalue weighted by Crippen LogP contribution is 2.36. The third-order valence-corrected chi connectivity index (χ3v) is 2.97. The summed E-state index contributed by atoms with van der Waals surface area (Å²) < 4.78 is 34.2. The lowest BCUT2D eigenvalue weighted by molar-refractivity contribution is -0.386. The molecular weight excluding hydrogens is 334 g/mol. The second-order valence-electron chi connectivity index (χ2n) is 4.09. The Morgan fingerprint density at radius 2 is 2.00 bits per heavy atom. The summed E-state index contributed by atoms with van der Waals surface area (Å²) >= 11 is 5.85. The van der Waals surface area contributed by atoms with Crippen LogP contribution in [-0.4, -0.2) is 11.5 Å². The van der Waals surface area contributed by atoms with Gasteiger partial charge in [-0.15, -0.1) is 0 Å². The molecular formula is C14H7ClF2N2O4. The Hall–Kier alpha value is -2.92. The summed E-state index contributed by atoms with van der Waals surface area (Å²) in [6.45, 7) is -3.23. The molecule has 0 spiro atoms. The first-order chi connectivity index (χ1) is 10.9. The van der Waals surface area contributed by atoms with Gasteiger partial charge in [-0.3, -0.25) is 10.1 Å². The van der Waals surface area contributed by atoms with Crippen LogP contribution in [0.25, 0.3) is 0 Å². The van der Waals surface area contributed by atoms with E-state index in [1.54, 1.807) is 0 Å². The number of nitro benzene ring substituents is 1. The molecule has 0 saturated heterocycles. The monoisotopic (exact) mass is 340 g/mol. The van der Waals surface area contributed by atoms with E-state index in [1.807, 2.05) is 6.07 Å². The first-order valence-corrected chi connectivity index (χ1v) is 6.40. The summed E-state index contributed by atoms with van der Waals surface area (Å²) in [6, 6.07) is 9.39. The van der Waals surface area contributed by atoms with E-state index < -0.39 is 23.0 Å². The third kappa shape index (κ3) is 3.84. The molecule has 0 fully saturated rings. The molecule has 0 atom stereocenters. The van der Waals surface area contributed by atoms with Crippen LogP contribution in [0, 0.1) is 21.4 Å². The molecule has 0 saturated carbocycles. The normalized spacial score (nSPS) is 10.2. The highest BCUT2D eigenvalue weighted by molar-refractivity contribution is 6.31. The molecule has 0 aliphatic heterocycles. The molecule has 0 amide bonds. The van der Waals surface area contributed by atoms with Gasteiger partial charge >= 0.3 is 12.3 Å². The van der Waals surface area contributed by atoms with Gasteiger partial charge in [0.25, 0.3) is 0 Å². The number of benzene rings is 2. The fraction of sp³-hybridized carbons (Fsp3) is 0.0714. The molecule has 0 heterocycles. The van der Waals surface area contributed by atoms with Crippen molar-refractivity contribution in [3.05, 3.63) is 57.1 Å². The van der Waals surface area contributed by atoms with E-state index in [-0.39, 0.29) is 22.1 Å². The zero-order valence-corrected chi connectivity index (χ0v) is 12.0. The first kappa shape index (κ1) is 16.5. The molecule has 6 nitrogen and oxygen atoms in total. The van der Waals surface area contributed by atoms with Crippen molar-refractivity contribution < 1.29 is 23.2 Å². The van der Waals surface area contributed by atoms with E-state index in [2.05, 4.69) is 4.74 Å². The number of nitro groups is 1. The molecule has 0 bridgehead atoms. The van der Waals surface area contributed by atoms with Crippen molar-refractivity contribution in [2.75, 3.05) is 0 Å². The summed E-state index contributed by atoms with van der Waals surface area (Å²) in [5.74, 6) is -0.593. The molecule has 0 aliphatic carbocycles. The predicted molar refractivity (Wildman–Crippen MR) is 76.0 cm³/mol. The van der Waals surface area contributed by atoms with Gasteiger partial charge in [0.2, 0.25) is 5.75 Å². The maximum Gasteiger partial charge on any atom is 0.387 e. The molecule has 0 aromatic heterocycles. The average Bonchev–Trinajstić information content (AvgIpc) is 2.46. The Morgan fingerprint density at radius 1 is 1.26 bits per heavy atom. The number of hydrogen-bond acceptors (Lipinski definition) is 5. The molecule has 2 aromatic carbocycles. The molecule has 118 valence electrons. The van der Waals surface area contributed by atoms with E-state index in [0.717, 1.165) is 12.1 Å². The lowest BCUT2D eigenvalue weighted by Gasteiger charge is -2.10. The van der Waals surface area contributed by atoms with Gasteiger partial charge < -0.3 is 9.47 Å². The van der Waals surface area contributed by atoms with Crippen LogP contribution < -0.4 is 9.47 Å². The fourth-order valence-corrected chi connectivity index (χ4v) is 1.93. The van der Waals surface area contributed by atoms with Gasteiger partial charge in [-0.1, -0.05) is 17.7 Å². The Morgan fingerprint density at radius 3 is 2.61 bits per heavy atom. The Labute approximate surface area is 133 Å². The first-order valence-electron chi connectivity index (χ1n) is 6.02. The van der Waals surface area contributed by atoms with Crippen LogP contribution >= 0.6 is 11.6 Å². The second kappa shape index (κ2) is 6.89. The quantitative estimate of drug-likeness (QED) is 0.590. The zero-order chi connectivity index (χ0) is 17.0. The highest BCUT2D eigenvalue weighted by atomic mass is 35.5. The van der Waals surface area contributed by atoms with E-state index >= 15 is 0 Å². The summed E-state index contributed by atoms with van der Waals surface area (Å²) in [4.78, 5) is 9.94. The standard InChI is InChI=1S/C14H7ClF2N2O4/c15-10-2-1-3-12(9(10)7-18)22-8-4-5-11(19(20)21)13(6-8)23-14(16)17/h1-6,14H. The van der Waals surface area contributed by atoms with Crippen LogP contribution in [0.3, 0.4) is 0 Å². The molecule has 2 aromatic rings. The van der Waals surface area contributed by atoms with Crippen LogP contribution in [0.15, 0.2) is 36.4 Å². The Balaban J connectivity index is 2.40. The van der Waals surface area contributed by atoms with Crippen molar-refractivity contribution >= 4 is 17.3 Å². The number of rotatable bonds is 5. The van der Waals surface area contributed by atoms with Gasteiger partial charge in [0, 0.05) is 12.1 Å². The highest BCUT2D eigenvalue weighted by Gasteiger charge is 2.20. The maximum atomic E-state index is 12.3. The van der Waals surface area contributed by atoms with E-state index in [9.17, 15) is 18.9 Å². The summed E-state index contributed by atoms with van der Waals surface area (Å²) in [5.41, 5.74) is -0.590. The van der Waals surface area contributed by atoms with Gasteiger partial charge in [0.15, 0.2) is 0 Å². The van der Waals surface area contributed by atoms with Gasteiger partial charge in [-0.2, -0.15) is 14.0 Å². The summed E-state index contributed by atoms with van der Waals surface area (Å²) in [6.07, 6.45) is 0. The van der Waals surface area contributed by atoms with Crippen LogP contribution in [0.4, 0.5) is 14.5 Å². The molecule has 0 unspecified atom stereocenters. The van der Waals surface area contributed by atoms with E-state index in [0.29, 0.717) is 0 Å². The van der Waals surface area contributed by atoms with Gasteiger partial charge in [0.05, 0.1) is 9.95 Å². The van der Waals surface area contributed by atoms with Crippen molar-refractivity contribution in [1.82, 2.24) is 0 Å². The summed E-state index contributed by atoms with van der Waals surface area (Å²) in [7, 11) is 0. The minimum atomic E-state index is -3.23. The largest absolute Gasteiger partial charge is 0.456 e. The molecule has 0 aliphatic rings. The Kier molecular flexibility index (Phi) is 4.93. The summed E-state index contributed by atoms with van der Waals surface area (Å²) in [5, 5.41) is 20.0. The van der Waals surface area contributed by atoms with Crippen molar-refractivity contribution in [1.29, 1.82) is 5.26 Å². The van der Waals surface area contributed by atoms with Crippen molar-refractivity contribution in [2.45, 2.75) is 6.61 Å². The van der Waals surface area contributed by atoms with Crippen molar-refractivity contribution in [3.8, 4) is 23.3 Å². The van der Waals surface area contributed by atoms with Gasteiger partial charge in [0.1, 0.15) is 23.1 Å². The number of ether oxygens (including phenoxy) is 2. The molecule has 23 heavy (non-hydrogen) atoms. The average molecular weight is 341 g/mol. The topological polar surface area (TPSA) is 85.4 Å². The third-order valence-electron chi connectivity index (χ3n) is 2.66. The molecule has 0 N–H and O–H groups in total. The van der Waals surface area contributed by atoms with Crippen molar-refractivity contribution in [3.63, 3.8) is 0 Å². The molecule has 9 heteroatoms. The minimum absolute atomic E-state index is 0.0231. The number of alkyl halides is 2. The number of hydrogen-bond donors (Lipinski definition) is 0. The number of halogens is 3. The molecule has 2 rings (SSSR count). The van der Waals surface area contributed by atoms with E-state index in [1.165, 1.54) is 24.3 Å². The van der Waals surface area contributed by atoms with Gasteiger partial charge in [-0.25, -0.2) is 0 Å². The lowest BCUT2D eigenvalue weighted by atomic mass is 10.2. The minimum Gasteiger partial charge on any atom is -0.456 e. The smallest absolute Gasteiger partial charge is 0.387 e. The molecule has 0 radical (unpaired) electrons. The van der Waals surface area contributed by atoms with Crippen LogP contribution in [0.2, 0.25) is 5.02 Å². The van der Waals surface area contributed by atoms with Crippen LogP contribution in [0.1, 0.15) is 5.56 Å². The number of nitrogens with zero attached hydrogens (tertiary/aromatic N) is 2. The number of nitriles is 1. The Bertz CT molecular complexity index is 793. The van der Waals surface area contributed by atoms with Crippen LogP contribution in [0.5, 0.6) is 17.2 Å². The zero-order valence-electron chi connectivity index (χ0n) is 11.2.